The Balaban J connectivity index is 4.46. The number of ether oxygens (including phenoxy) is 3. The lowest BCUT2D eigenvalue weighted by molar-refractivity contribution is -0.167. The number of hydrogen-bond donors (Lipinski definition) is 0. The maximum atomic E-state index is 12.9. The monoisotopic (exact) mass is 975 g/mol. The summed E-state index contributed by atoms with van der Waals surface area (Å²) in [5.41, 5.74) is 0. The molecule has 0 aliphatic rings. The van der Waals surface area contributed by atoms with E-state index in [1.165, 1.54) is 148 Å². The number of carbonyl (C=O) groups is 3. The summed E-state index contributed by atoms with van der Waals surface area (Å²) < 4.78 is 16.9. The zero-order valence-electron chi connectivity index (χ0n) is 46.0. The molecule has 0 heterocycles. The molecule has 0 radical (unpaired) electrons. The molecule has 6 nitrogen and oxygen atoms in total. The van der Waals surface area contributed by atoms with Gasteiger partial charge < -0.3 is 14.2 Å². The Bertz CT molecular complexity index is 1350. The van der Waals surface area contributed by atoms with Crippen molar-refractivity contribution in [1.82, 2.24) is 0 Å². The minimum absolute atomic E-state index is 0.0968. The maximum Gasteiger partial charge on any atom is 0.306 e. The van der Waals surface area contributed by atoms with Gasteiger partial charge in [0.15, 0.2) is 6.10 Å². The van der Waals surface area contributed by atoms with Crippen molar-refractivity contribution in [1.29, 1.82) is 0 Å². The van der Waals surface area contributed by atoms with Gasteiger partial charge in [-0.15, -0.1) is 0 Å². The summed E-state index contributed by atoms with van der Waals surface area (Å²) in [5.74, 6) is -0.935. The molecule has 6 heteroatoms. The molecular formula is C64H110O6. The minimum atomic E-state index is -0.798. The van der Waals surface area contributed by atoms with Gasteiger partial charge in [-0.05, 0) is 64.2 Å². The van der Waals surface area contributed by atoms with Gasteiger partial charge >= 0.3 is 17.9 Å². The molecule has 0 N–H and O–H groups in total. The van der Waals surface area contributed by atoms with E-state index in [4.69, 9.17) is 14.2 Å². The molecule has 0 aliphatic heterocycles. The fraction of sp³-hybridized carbons (Fsp3) is 0.734. The molecular weight excluding hydrogens is 865 g/mol. The molecule has 0 amide bonds. The van der Waals surface area contributed by atoms with Gasteiger partial charge in [-0.2, -0.15) is 0 Å². The van der Waals surface area contributed by atoms with Crippen molar-refractivity contribution >= 4 is 17.9 Å². The van der Waals surface area contributed by atoms with Crippen molar-refractivity contribution in [3.8, 4) is 0 Å². The van der Waals surface area contributed by atoms with Crippen molar-refractivity contribution in [2.45, 2.75) is 290 Å². The molecule has 0 saturated carbocycles. The predicted molar refractivity (Wildman–Crippen MR) is 302 cm³/mol. The quantitative estimate of drug-likeness (QED) is 0.0261. The van der Waals surface area contributed by atoms with E-state index in [1.54, 1.807) is 0 Å². The number of unbranched alkanes of at least 4 members (excludes halogenated alkanes) is 33. The Labute approximate surface area is 433 Å². The van der Waals surface area contributed by atoms with Crippen molar-refractivity contribution in [2.24, 2.45) is 0 Å². The van der Waals surface area contributed by atoms with Gasteiger partial charge in [-0.25, -0.2) is 0 Å². The molecule has 70 heavy (non-hydrogen) atoms. The van der Waals surface area contributed by atoms with Gasteiger partial charge in [0.05, 0.1) is 0 Å². The fourth-order valence-electron chi connectivity index (χ4n) is 8.29. The van der Waals surface area contributed by atoms with Crippen LogP contribution in [0.4, 0.5) is 0 Å². The zero-order valence-corrected chi connectivity index (χ0v) is 46.0. The highest BCUT2D eigenvalue weighted by Gasteiger charge is 2.19. The molecule has 0 bridgehead atoms. The van der Waals surface area contributed by atoms with Crippen LogP contribution in [0.25, 0.3) is 0 Å². The number of allylic oxidation sites excluding steroid dienone is 14. The average Bonchev–Trinajstić information content (AvgIpc) is 3.36. The molecule has 0 aromatic rings. The standard InChI is InChI=1S/C64H110O6/c1-4-7-10-13-16-19-22-25-28-31-33-36-39-42-45-48-51-54-57-63(66)69-60-61(59-68-62(65)56-53-50-47-44-41-38-35-30-27-24-21-18-15-12-9-6-3)70-64(67)58-55-52-49-46-43-40-37-34-32-29-26-23-20-17-14-11-8-5-2/h10,13,16,19,22,25,28,30-31,33,35-36,38,41,61H,4-9,11-12,14-15,17-18,20-21,23-24,26-27,29,32,34,37,39-40,42-60H2,1-3H3/b13-10-,19-16-,25-22-,31-28-,35-30-,36-33-,41-38-. The van der Waals surface area contributed by atoms with Crippen LogP contribution in [0.3, 0.4) is 0 Å². The second kappa shape index (κ2) is 58.2. The zero-order chi connectivity index (χ0) is 50.7. The minimum Gasteiger partial charge on any atom is -0.462 e. The van der Waals surface area contributed by atoms with Crippen molar-refractivity contribution in [3.63, 3.8) is 0 Å². The van der Waals surface area contributed by atoms with Crippen LogP contribution >= 0.6 is 0 Å². The number of carbonyl (C=O) groups excluding carboxylic acids is 3. The van der Waals surface area contributed by atoms with Gasteiger partial charge in [-0.1, -0.05) is 286 Å². The van der Waals surface area contributed by atoms with E-state index in [1.807, 2.05) is 24.3 Å². The van der Waals surface area contributed by atoms with Gasteiger partial charge in [0.1, 0.15) is 13.2 Å². The van der Waals surface area contributed by atoms with Gasteiger partial charge in [0.2, 0.25) is 0 Å². The molecule has 0 saturated heterocycles. The van der Waals surface area contributed by atoms with E-state index in [0.29, 0.717) is 19.3 Å². The number of rotatable bonds is 53. The van der Waals surface area contributed by atoms with Gasteiger partial charge in [0, 0.05) is 19.3 Å². The Hall–Kier alpha value is -3.41. The van der Waals surface area contributed by atoms with Crippen LogP contribution in [0, 0.1) is 0 Å². The fourth-order valence-corrected chi connectivity index (χ4v) is 8.29. The van der Waals surface area contributed by atoms with Crippen LogP contribution in [0.2, 0.25) is 0 Å². The van der Waals surface area contributed by atoms with E-state index < -0.39 is 6.10 Å². The van der Waals surface area contributed by atoms with E-state index in [-0.39, 0.29) is 31.1 Å². The van der Waals surface area contributed by atoms with Crippen LogP contribution in [-0.4, -0.2) is 37.2 Å². The Kier molecular flexibility index (Phi) is 55.3. The molecule has 0 aromatic carbocycles. The SMILES string of the molecule is CCC\C=C/C=C\C=C/C=C\C=C/CCCCCCCC(=O)OCC(COC(=O)CCCCC/C=C\C=C/CCCCCCCCC)OC(=O)CCCCCCCCCCCCCCCCCCCC. The maximum absolute atomic E-state index is 12.9. The lowest BCUT2D eigenvalue weighted by Gasteiger charge is -2.18. The van der Waals surface area contributed by atoms with Gasteiger partial charge in [-0.3, -0.25) is 14.4 Å². The second-order valence-corrected chi connectivity index (χ2v) is 19.7. The van der Waals surface area contributed by atoms with Crippen molar-refractivity contribution in [2.75, 3.05) is 13.2 Å². The molecule has 0 aliphatic carbocycles. The second-order valence-electron chi connectivity index (χ2n) is 19.7. The predicted octanol–water partition coefficient (Wildman–Crippen LogP) is 19.9. The largest absolute Gasteiger partial charge is 0.462 e. The first-order valence-electron chi connectivity index (χ1n) is 29.7. The highest BCUT2D eigenvalue weighted by atomic mass is 16.6. The van der Waals surface area contributed by atoms with Crippen LogP contribution in [0.15, 0.2) is 85.1 Å². The molecule has 402 valence electrons. The lowest BCUT2D eigenvalue weighted by atomic mass is 10.0. The lowest BCUT2D eigenvalue weighted by Crippen LogP contribution is -2.30. The van der Waals surface area contributed by atoms with Crippen molar-refractivity contribution in [3.05, 3.63) is 85.1 Å². The first-order valence-corrected chi connectivity index (χ1v) is 29.7. The van der Waals surface area contributed by atoms with Gasteiger partial charge in [0.25, 0.3) is 0 Å². The summed E-state index contributed by atoms with van der Waals surface area (Å²) in [6, 6.07) is 0. The van der Waals surface area contributed by atoms with Crippen LogP contribution in [-0.2, 0) is 28.6 Å². The van der Waals surface area contributed by atoms with Crippen LogP contribution in [0.1, 0.15) is 284 Å². The summed E-state index contributed by atoms with van der Waals surface area (Å²) in [5, 5.41) is 0. The van der Waals surface area contributed by atoms with Crippen LogP contribution in [0.5, 0.6) is 0 Å². The number of hydrogen-bond acceptors (Lipinski definition) is 6. The first kappa shape index (κ1) is 66.6. The first-order chi connectivity index (χ1) is 34.5. The molecule has 1 unspecified atom stereocenters. The molecule has 0 fully saturated rings. The third kappa shape index (κ3) is 55.5. The summed E-state index contributed by atoms with van der Waals surface area (Å²) in [6.45, 7) is 6.53. The van der Waals surface area contributed by atoms with E-state index in [0.717, 1.165) is 96.3 Å². The highest BCUT2D eigenvalue weighted by Crippen LogP contribution is 2.16. The smallest absolute Gasteiger partial charge is 0.306 e. The molecule has 1 atom stereocenters. The molecule has 0 aromatic heterocycles. The summed E-state index contributed by atoms with van der Waals surface area (Å²) in [7, 11) is 0. The van der Waals surface area contributed by atoms with Crippen molar-refractivity contribution < 1.29 is 28.6 Å². The summed E-state index contributed by atoms with van der Waals surface area (Å²) in [4.78, 5) is 38.2. The van der Waals surface area contributed by atoms with Crippen LogP contribution < -0.4 is 0 Å². The summed E-state index contributed by atoms with van der Waals surface area (Å²) >= 11 is 0. The third-order valence-corrected chi connectivity index (χ3v) is 12.8. The number of esters is 3. The van der Waals surface area contributed by atoms with E-state index in [2.05, 4.69) is 81.5 Å². The molecule has 0 rings (SSSR count). The Morgan fingerprint density at radius 1 is 0.286 bits per heavy atom. The third-order valence-electron chi connectivity index (χ3n) is 12.8. The van der Waals surface area contributed by atoms with E-state index in [9.17, 15) is 14.4 Å². The Morgan fingerprint density at radius 3 is 0.886 bits per heavy atom. The molecule has 0 spiro atoms. The topological polar surface area (TPSA) is 78.9 Å². The van der Waals surface area contributed by atoms with E-state index >= 15 is 0 Å². The Morgan fingerprint density at radius 2 is 0.543 bits per heavy atom. The normalized spacial score (nSPS) is 12.7. The highest BCUT2D eigenvalue weighted by molar-refractivity contribution is 5.71. The summed E-state index contributed by atoms with van der Waals surface area (Å²) in [6.07, 6.45) is 75.7. The average molecular weight is 976 g/mol.